The molecular weight excluding hydrogens is 280 g/mol. The van der Waals surface area contributed by atoms with E-state index < -0.39 is 17.4 Å². The molecule has 0 aliphatic carbocycles. The van der Waals surface area contributed by atoms with Crippen molar-refractivity contribution in [1.82, 2.24) is 0 Å². The van der Waals surface area contributed by atoms with E-state index >= 15 is 0 Å². The zero-order chi connectivity index (χ0) is 13.4. The molecule has 5 nitrogen and oxygen atoms in total. The molecule has 0 heterocycles. The Balaban J connectivity index is 4.81. The van der Waals surface area contributed by atoms with Crippen LogP contribution in [0.1, 0.15) is 6.42 Å². The molecule has 17 heavy (non-hydrogen) atoms. The minimum Gasteiger partial charge on any atom is -0.398 e. The third-order valence-electron chi connectivity index (χ3n) is 2.85. The lowest BCUT2D eigenvalue weighted by molar-refractivity contribution is 0.122. The molecule has 8 heteroatoms. The van der Waals surface area contributed by atoms with E-state index in [2.05, 4.69) is 0 Å². The molecule has 0 aliphatic heterocycles. The minimum atomic E-state index is -2.68. The quantitative estimate of drug-likeness (QED) is 0.455. The van der Waals surface area contributed by atoms with Crippen LogP contribution in [0, 0.1) is 0 Å². The fourth-order valence-corrected chi connectivity index (χ4v) is 10.0. The number of halogens is 1. The first-order valence-corrected chi connectivity index (χ1v) is 10.1. The first-order chi connectivity index (χ1) is 8.07. The Bertz CT molecular complexity index is 192. The van der Waals surface area contributed by atoms with Gasteiger partial charge in [0, 0.05) is 41.4 Å². The zero-order valence-electron chi connectivity index (χ0n) is 11.2. The molecule has 0 atom stereocenters. The van der Waals surface area contributed by atoms with Gasteiger partial charge < -0.3 is 22.1 Å². The van der Waals surface area contributed by atoms with Crippen LogP contribution in [-0.2, 0) is 22.1 Å². The van der Waals surface area contributed by atoms with E-state index in [1.807, 2.05) is 0 Å². The zero-order valence-corrected chi connectivity index (χ0v) is 14.0. The van der Waals surface area contributed by atoms with Gasteiger partial charge >= 0.3 is 17.4 Å². The summed E-state index contributed by atoms with van der Waals surface area (Å²) < 4.78 is 27.4. The Morgan fingerprint density at radius 3 is 1.59 bits per heavy atom. The molecule has 0 aromatic rings. The fraction of sp³-hybridized carbons (Fsp3) is 1.00. The molecule has 104 valence electrons. The fourth-order valence-electron chi connectivity index (χ4n) is 1.65. The number of alkyl halides is 1. The lowest BCUT2D eigenvalue weighted by Gasteiger charge is -2.33. The van der Waals surface area contributed by atoms with Crippen molar-refractivity contribution < 1.29 is 22.1 Å². The maximum Gasteiger partial charge on any atom is 0.502 e. The maximum absolute atomic E-state index is 5.72. The van der Waals surface area contributed by atoms with Crippen LogP contribution >= 0.6 is 11.6 Å². The molecule has 0 fully saturated rings. The third kappa shape index (κ3) is 4.95. The maximum atomic E-state index is 5.72. The average Bonchev–Trinajstić information content (AvgIpc) is 2.41. The van der Waals surface area contributed by atoms with E-state index in [-0.39, 0.29) is 0 Å². The summed E-state index contributed by atoms with van der Waals surface area (Å²) in [4.78, 5) is 0. The Labute approximate surface area is 111 Å². The van der Waals surface area contributed by atoms with Crippen LogP contribution in [0.2, 0.25) is 11.7 Å². The third-order valence-corrected chi connectivity index (χ3v) is 11.5. The summed E-state index contributed by atoms with van der Waals surface area (Å²) in [5, 5.41) is 0. The van der Waals surface area contributed by atoms with Crippen LogP contribution in [0.25, 0.3) is 0 Å². The summed E-state index contributed by atoms with van der Waals surface area (Å²) in [6.45, 7) is 0. The molecule has 0 aromatic heterocycles. The van der Waals surface area contributed by atoms with Gasteiger partial charge in [0.15, 0.2) is 0 Å². The van der Waals surface area contributed by atoms with Crippen LogP contribution in [-0.4, -0.2) is 58.8 Å². The molecule has 0 aromatic carbocycles. The average molecular weight is 303 g/mol. The van der Waals surface area contributed by atoms with E-state index in [4.69, 9.17) is 33.7 Å². The van der Waals surface area contributed by atoms with Gasteiger partial charge in [-0.1, -0.05) is 0 Å². The van der Waals surface area contributed by atoms with Crippen molar-refractivity contribution in [2.75, 3.05) is 41.4 Å². The van der Waals surface area contributed by atoms with E-state index in [1.54, 1.807) is 35.5 Å². The summed E-state index contributed by atoms with van der Waals surface area (Å²) >= 11 is 5.72. The van der Waals surface area contributed by atoms with Gasteiger partial charge in [-0.2, -0.15) is 0 Å². The molecule has 0 rings (SSSR count). The molecule has 0 unspecified atom stereocenters. The molecule has 0 amide bonds. The van der Waals surface area contributed by atoms with Crippen LogP contribution < -0.4 is 0 Å². The Hall–Kier alpha value is 0.524. The summed E-state index contributed by atoms with van der Waals surface area (Å²) in [5.74, 6) is 0.586. The molecule has 0 bridgehead atoms. The monoisotopic (exact) mass is 302 g/mol. The highest BCUT2D eigenvalue weighted by Gasteiger charge is 2.51. The summed E-state index contributed by atoms with van der Waals surface area (Å²) in [5.41, 5.74) is 0.563. The van der Waals surface area contributed by atoms with Gasteiger partial charge in [0.25, 0.3) is 0 Å². The minimum absolute atomic E-state index is 0.563. The van der Waals surface area contributed by atoms with Crippen molar-refractivity contribution in [3.63, 3.8) is 0 Å². The SMILES string of the molecule is CO[Si](CCCCl)(C[Si](OC)(OC)OC)OC. The number of hydrogen-bond donors (Lipinski definition) is 0. The van der Waals surface area contributed by atoms with Gasteiger partial charge in [-0.3, -0.25) is 0 Å². The summed E-state index contributed by atoms with van der Waals surface area (Å²) in [6.07, 6.45) is 0.844. The Morgan fingerprint density at radius 2 is 1.29 bits per heavy atom. The van der Waals surface area contributed by atoms with Crippen molar-refractivity contribution in [2.24, 2.45) is 0 Å². The van der Waals surface area contributed by atoms with Crippen molar-refractivity contribution in [3.05, 3.63) is 0 Å². The van der Waals surface area contributed by atoms with Crippen molar-refractivity contribution in [2.45, 2.75) is 18.1 Å². The molecule has 0 spiro atoms. The molecule has 0 saturated heterocycles. The van der Waals surface area contributed by atoms with Crippen LogP contribution in [0.5, 0.6) is 0 Å². The second-order valence-corrected chi connectivity index (χ2v) is 11.1. The summed E-state index contributed by atoms with van der Waals surface area (Å²) in [7, 11) is 3.04. The van der Waals surface area contributed by atoms with Gasteiger partial charge in [-0.05, 0) is 12.5 Å². The predicted octanol–water partition coefficient (Wildman–Crippen LogP) is 1.77. The molecule has 0 N–H and O–H groups in total. The second kappa shape index (κ2) is 8.60. The van der Waals surface area contributed by atoms with E-state index in [1.165, 1.54) is 0 Å². The molecule has 0 saturated carbocycles. The molecular formula is C9H23ClO5Si2. The van der Waals surface area contributed by atoms with E-state index in [9.17, 15) is 0 Å². The van der Waals surface area contributed by atoms with Crippen LogP contribution in [0.3, 0.4) is 0 Å². The highest BCUT2D eigenvalue weighted by Crippen LogP contribution is 2.27. The topological polar surface area (TPSA) is 46.2 Å². The van der Waals surface area contributed by atoms with Gasteiger partial charge in [0.1, 0.15) is 0 Å². The molecule has 0 radical (unpaired) electrons. The van der Waals surface area contributed by atoms with Gasteiger partial charge in [-0.25, -0.2) is 0 Å². The van der Waals surface area contributed by atoms with Crippen molar-refractivity contribution in [1.29, 1.82) is 0 Å². The Morgan fingerprint density at radius 1 is 0.824 bits per heavy atom. The van der Waals surface area contributed by atoms with E-state index in [0.29, 0.717) is 11.5 Å². The number of hydrogen-bond acceptors (Lipinski definition) is 5. The highest BCUT2D eigenvalue weighted by atomic mass is 35.5. The normalized spacial score (nSPS) is 13.1. The van der Waals surface area contributed by atoms with Gasteiger partial charge in [0.05, 0.1) is 5.67 Å². The predicted molar refractivity (Wildman–Crippen MR) is 71.5 cm³/mol. The first kappa shape index (κ1) is 17.5. The summed E-state index contributed by atoms with van der Waals surface area (Å²) in [6, 6.07) is 0.800. The van der Waals surface area contributed by atoms with E-state index in [0.717, 1.165) is 12.5 Å². The number of rotatable bonds is 10. The van der Waals surface area contributed by atoms with Gasteiger partial charge in [0.2, 0.25) is 0 Å². The lowest BCUT2D eigenvalue weighted by Crippen LogP contribution is -2.54. The standard InChI is InChI=1S/C9H23ClO5Si2/c1-11-16(12-2,8-6-7-10)9-17(13-3,14-4)15-5/h6-9H2,1-5H3. The smallest absolute Gasteiger partial charge is 0.398 e. The largest absolute Gasteiger partial charge is 0.502 e. The first-order valence-electron chi connectivity index (χ1n) is 5.39. The van der Waals surface area contributed by atoms with Crippen LogP contribution in [0.15, 0.2) is 0 Å². The Kier molecular flexibility index (Phi) is 8.86. The lowest BCUT2D eigenvalue weighted by atomic mass is 10.6. The van der Waals surface area contributed by atoms with Crippen LogP contribution in [0.4, 0.5) is 0 Å². The van der Waals surface area contributed by atoms with Crippen molar-refractivity contribution >= 4 is 29.0 Å². The highest BCUT2D eigenvalue weighted by molar-refractivity contribution is 6.83. The van der Waals surface area contributed by atoms with Crippen molar-refractivity contribution in [3.8, 4) is 0 Å². The van der Waals surface area contributed by atoms with Gasteiger partial charge in [-0.15, -0.1) is 11.6 Å². The second-order valence-electron chi connectivity index (χ2n) is 3.58. The molecule has 0 aliphatic rings.